The molecule has 0 atom stereocenters. The Bertz CT molecular complexity index is 215. The number of carbonyl (C=O) groups is 1. The minimum Gasteiger partial charge on any atom is -0.481 e. The van der Waals surface area contributed by atoms with Gasteiger partial charge in [0.05, 0.1) is 0 Å². The highest BCUT2D eigenvalue weighted by atomic mass is 35.5. The third-order valence-electron chi connectivity index (χ3n) is 1.24. The van der Waals surface area contributed by atoms with Crippen LogP contribution in [0.2, 0.25) is 0 Å². The Morgan fingerprint density at radius 2 is 1.33 bits per heavy atom. The highest BCUT2D eigenvalue weighted by Crippen LogP contribution is 2.06. The summed E-state index contributed by atoms with van der Waals surface area (Å²) in [7, 11) is 0. The number of hydrogen-bond donors (Lipinski definition) is 1. The van der Waals surface area contributed by atoms with Gasteiger partial charge >= 0.3 is 5.97 Å². The van der Waals surface area contributed by atoms with Crippen LogP contribution < -0.4 is 0 Å². The van der Waals surface area contributed by atoms with E-state index in [0.29, 0.717) is 0 Å². The monoisotopic (exact) mass is 278 g/mol. The maximum atomic E-state index is 9.37. The second-order valence-electron chi connectivity index (χ2n) is 2.96. The van der Waals surface area contributed by atoms with Crippen molar-refractivity contribution in [3.05, 3.63) is 22.8 Å². The van der Waals surface area contributed by atoms with Gasteiger partial charge in [0.1, 0.15) is 0 Å². The van der Waals surface area contributed by atoms with E-state index in [2.05, 4.69) is 13.8 Å². The van der Waals surface area contributed by atoms with Gasteiger partial charge in [-0.2, -0.15) is 0 Å². The summed E-state index contributed by atoms with van der Waals surface area (Å²) in [5.41, 5.74) is 1.28. The molecule has 0 fully saturated rings. The summed E-state index contributed by atoms with van der Waals surface area (Å²) in [6.45, 7) is 15.7. The molecule has 0 saturated heterocycles. The molecule has 2 nitrogen and oxygen atoms in total. The molecule has 0 spiro atoms. The summed E-state index contributed by atoms with van der Waals surface area (Å²) in [6, 6.07) is 0. The van der Waals surface area contributed by atoms with Crippen molar-refractivity contribution in [1.82, 2.24) is 0 Å². The lowest BCUT2D eigenvalue weighted by Crippen LogP contribution is -1.86. The quantitative estimate of drug-likeness (QED) is 0.641. The maximum Gasteiger partial charge on any atom is 0.303 e. The molecular weight excluding hydrogens is 248 g/mol. The third kappa shape index (κ3) is 45.5. The van der Waals surface area contributed by atoms with Crippen molar-refractivity contribution >= 4 is 17.6 Å². The van der Waals surface area contributed by atoms with Crippen LogP contribution in [0.5, 0.6) is 0 Å². The van der Waals surface area contributed by atoms with Gasteiger partial charge in [-0.1, -0.05) is 64.8 Å². The zero-order valence-corrected chi connectivity index (χ0v) is 14.1. The van der Waals surface area contributed by atoms with E-state index in [9.17, 15) is 4.79 Å². The molecule has 0 heterocycles. The number of carboxylic acids is 1. The lowest BCUT2D eigenvalue weighted by molar-refractivity contribution is -0.136. The minimum absolute atomic E-state index is 0.222. The Labute approximate surface area is 119 Å². The topological polar surface area (TPSA) is 37.3 Å². The SMILES string of the molecule is CC.CC.CC/C(Cl)=C\C=C(C)C.CCC(=O)O. The molecule has 0 aromatic rings. The second kappa shape index (κ2) is 25.2. The molecule has 0 aromatic heterocycles. The van der Waals surface area contributed by atoms with Crippen LogP contribution in [0.25, 0.3) is 0 Å². The maximum absolute atomic E-state index is 9.37. The molecule has 3 heteroatoms. The first-order chi connectivity index (χ1) is 8.43. The van der Waals surface area contributed by atoms with Crippen molar-refractivity contribution in [2.24, 2.45) is 0 Å². The van der Waals surface area contributed by atoms with Crippen LogP contribution in [0, 0.1) is 0 Å². The molecule has 0 radical (unpaired) electrons. The van der Waals surface area contributed by atoms with Gasteiger partial charge in [0.25, 0.3) is 0 Å². The molecule has 0 rings (SSSR count). The summed E-state index contributed by atoms with van der Waals surface area (Å²) in [4.78, 5) is 9.37. The van der Waals surface area contributed by atoms with E-state index in [1.807, 2.05) is 46.8 Å². The van der Waals surface area contributed by atoms with Crippen molar-refractivity contribution < 1.29 is 9.90 Å². The first kappa shape index (κ1) is 25.9. The summed E-state index contributed by atoms with van der Waals surface area (Å²) in [5.74, 6) is -0.745. The smallest absolute Gasteiger partial charge is 0.303 e. The summed E-state index contributed by atoms with van der Waals surface area (Å²) in [6.07, 6.45) is 5.11. The number of halogens is 1. The van der Waals surface area contributed by atoms with Gasteiger partial charge in [-0.15, -0.1) is 0 Å². The summed E-state index contributed by atoms with van der Waals surface area (Å²) in [5, 5.41) is 8.64. The fourth-order valence-electron chi connectivity index (χ4n) is 0.375. The highest BCUT2D eigenvalue weighted by molar-refractivity contribution is 6.29. The third-order valence-corrected chi connectivity index (χ3v) is 1.63. The fourth-order valence-corrected chi connectivity index (χ4v) is 0.438. The largest absolute Gasteiger partial charge is 0.481 e. The first-order valence-electron chi connectivity index (χ1n) is 6.65. The standard InChI is InChI=1S/C8H13Cl.C3H6O2.2C2H6/c1-4-8(9)6-5-7(2)3;1-2-3(4)5;2*1-2/h5-6H,4H2,1-3H3;2H2,1H3,(H,4,5);2*1-2H3/b8-6+;;;. The van der Waals surface area contributed by atoms with Gasteiger partial charge in [-0.25, -0.2) is 0 Å². The predicted octanol–water partition coefficient (Wildman–Crippen LogP) is 6.02. The molecule has 0 amide bonds. The van der Waals surface area contributed by atoms with Gasteiger partial charge in [0, 0.05) is 11.5 Å². The number of hydrogen-bond acceptors (Lipinski definition) is 1. The molecule has 1 N–H and O–H groups in total. The van der Waals surface area contributed by atoms with E-state index in [4.69, 9.17) is 16.7 Å². The molecular formula is C15H31ClO2. The van der Waals surface area contributed by atoms with E-state index < -0.39 is 5.97 Å². The van der Waals surface area contributed by atoms with Gasteiger partial charge in [-0.3, -0.25) is 4.79 Å². The van der Waals surface area contributed by atoms with E-state index >= 15 is 0 Å². The van der Waals surface area contributed by atoms with Gasteiger partial charge < -0.3 is 5.11 Å². The molecule has 110 valence electrons. The van der Waals surface area contributed by atoms with E-state index in [-0.39, 0.29) is 6.42 Å². The van der Waals surface area contributed by atoms with Crippen molar-refractivity contribution in [1.29, 1.82) is 0 Å². The average molecular weight is 279 g/mol. The molecule has 18 heavy (non-hydrogen) atoms. The molecule has 0 saturated carbocycles. The Morgan fingerprint density at radius 1 is 1.00 bits per heavy atom. The highest BCUT2D eigenvalue weighted by Gasteiger charge is 1.81. The predicted molar refractivity (Wildman–Crippen MR) is 84.3 cm³/mol. The van der Waals surface area contributed by atoms with E-state index in [1.54, 1.807) is 6.92 Å². The van der Waals surface area contributed by atoms with Crippen LogP contribution in [0.1, 0.15) is 68.2 Å². The number of rotatable bonds is 3. The van der Waals surface area contributed by atoms with Gasteiger partial charge in [0.15, 0.2) is 0 Å². The zero-order chi connectivity index (χ0) is 15.6. The first-order valence-corrected chi connectivity index (χ1v) is 7.03. The molecule has 0 unspecified atom stereocenters. The minimum atomic E-state index is -0.745. The summed E-state index contributed by atoms with van der Waals surface area (Å²) >= 11 is 5.73. The summed E-state index contributed by atoms with van der Waals surface area (Å²) < 4.78 is 0. The number of carboxylic acid groups (broad SMARTS) is 1. The molecule has 0 aliphatic rings. The lowest BCUT2D eigenvalue weighted by atomic mass is 10.3. The van der Waals surface area contributed by atoms with Crippen molar-refractivity contribution in [2.75, 3.05) is 0 Å². The van der Waals surface area contributed by atoms with Crippen molar-refractivity contribution in [2.45, 2.75) is 68.2 Å². The normalized spacial score (nSPS) is 8.39. The van der Waals surface area contributed by atoms with E-state index in [0.717, 1.165) is 11.5 Å². The Morgan fingerprint density at radius 3 is 1.50 bits per heavy atom. The lowest BCUT2D eigenvalue weighted by Gasteiger charge is -1.87. The second-order valence-corrected chi connectivity index (χ2v) is 3.44. The van der Waals surface area contributed by atoms with Crippen LogP contribution in [-0.4, -0.2) is 11.1 Å². The van der Waals surface area contributed by atoms with Crippen LogP contribution in [0.4, 0.5) is 0 Å². The Kier molecular flexibility index (Phi) is 36.3. The fraction of sp³-hybridized carbons (Fsp3) is 0.667. The van der Waals surface area contributed by atoms with Crippen LogP contribution in [-0.2, 0) is 4.79 Å². The Balaban J connectivity index is -0.0000000925. The number of allylic oxidation sites excluding steroid dienone is 4. The zero-order valence-electron chi connectivity index (χ0n) is 13.3. The van der Waals surface area contributed by atoms with Crippen molar-refractivity contribution in [3.63, 3.8) is 0 Å². The van der Waals surface area contributed by atoms with E-state index in [1.165, 1.54) is 5.57 Å². The Hall–Kier alpha value is -0.760. The van der Waals surface area contributed by atoms with Crippen LogP contribution >= 0.6 is 11.6 Å². The van der Waals surface area contributed by atoms with Crippen LogP contribution in [0.15, 0.2) is 22.8 Å². The van der Waals surface area contributed by atoms with Crippen molar-refractivity contribution in [3.8, 4) is 0 Å². The van der Waals surface area contributed by atoms with Crippen LogP contribution in [0.3, 0.4) is 0 Å². The van der Waals surface area contributed by atoms with Gasteiger partial charge in [0.2, 0.25) is 0 Å². The molecule has 0 aromatic carbocycles. The molecule has 0 bridgehead atoms. The number of aliphatic carboxylic acids is 1. The molecule has 0 aliphatic heterocycles. The molecule has 0 aliphatic carbocycles. The average Bonchev–Trinajstić information content (AvgIpc) is 2.41. The van der Waals surface area contributed by atoms with Gasteiger partial charge in [-0.05, 0) is 26.3 Å².